The van der Waals surface area contributed by atoms with Crippen molar-refractivity contribution in [2.75, 3.05) is 48.5 Å². The van der Waals surface area contributed by atoms with Crippen molar-refractivity contribution < 1.29 is 44.8 Å². The minimum absolute atomic E-state index is 0.296. The minimum Gasteiger partial charge on any atom is -0.422 e. The first-order chi connectivity index (χ1) is 52.2. The first-order valence-corrected chi connectivity index (χ1v) is 47.7. The molecule has 0 saturated heterocycles. The highest BCUT2D eigenvalue weighted by atomic mass is 32.2. The van der Waals surface area contributed by atoms with E-state index < -0.39 is 38.5 Å². The van der Waals surface area contributed by atoms with E-state index in [2.05, 4.69) is 208 Å². The zero-order valence-electron chi connectivity index (χ0n) is 65.2. The van der Waals surface area contributed by atoms with Crippen molar-refractivity contribution in [1.82, 2.24) is 0 Å². The van der Waals surface area contributed by atoms with E-state index >= 15 is 0 Å². The van der Waals surface area contributed by atoms with Gasteiger partial charge in [0, 0.05) is 47.3 Å². The van der Waals surface area contributed by atoms with Crippen molar-refractivity contribution in [3.05, 3.63) is 317 Å². The van der Waals surface area contributed by atoms with Crippen LogP contribution in [0.25, 0.3) is 0 Å². The van der Waals surface area contributed by atoms with Crippen molar-refractivity contribution in [2.24, 2.45) is 0 Å². The Kier molecular flexibility index (Phi) is 36.2. The molecule has 0 aliphatic rings. The Morgan fingerprint density at radius 3 is 0.734 bits per heavy atom. The number of carbonyl (C=O) groups excluding carboxylic acids is 2. The van der Waals surface area contributed by atoms with Crippen LogP contribution in [0.5, 0.6) is 17.2 Å². The van der Waals surface area contributed by atoms with Crippen molar-refractivity contribution >= 4 is 87.4 Å². The van der Waals surface area contributed by atoms with Gasteiger partial charge in [-0.25, -0.2) is 9.59 Å². The molecular weight excluding hydrogens is 1500 g/mol. The van der Waals surface area contributed by atoms with Gasteiger partial charge in [-0.2, -0.15) is 21.6 Å². The molecule has 0 unspecified atom stereocenters. The Morgan fingerprint density at radius 2 is 0.541 bits per heavy atom. The van der Waals surface area contributed by atoms with Crippen molar-refractivity contribution in [3.63, 3.8) is 0 Å². The maximum absolute atomic E-state index is 13.4. The van der Waals surface area contributed by atoms with Gasteiger partial charge in [0.25, 0.3) is 0 Å². The molecule has 0 saturated carbocycles. The predicted molar refractivity (Wildman–Crippen MR) is 461 cm³/mol. The quantitative estimate of drug-likeness (QED) is 0.0185. The normalized spacial score (nSPS) is 11.2. The van der Waals surface area contributed by atoms with Crippen LogP contribution in [0.15, 0.2) is 322 Å². The van der Waals surface area contributed by atoms with Gasteiger partial charge in [-0.05, 0) is 225 Å². The number of hydrogen-bond acceptors (Lipinski definition) is 7. The third-order valence-electron chi connectivity index (χ3n) is 16.7. The Morgan fingerprint density at radius 1 is 0.330 bits per heavy atom. The van der Waals surface area contributed by atoms with Crippen molar-refractivity contribution in [1.29, 1.82) is 0 Å². The standard InChI is InChI=1S/C48H40O4S2.C21H18F3O3S2.C12H27S.C8H11S.C3H9S/c1-33-29-43(53(39-17-9-5-10-18-39)40-19-11-6-12-20-40)30-34(2)45(33)51-47(49)37-25-27-38(28-26-37)48(50)52-46-35(3)31-44(32-36(46)4)54(41-21-13-7-14-22-41)42-23-15-8-16-24-42;1-15-13-19(14-16(2)20(15)27-29(25,26)21(22,23)24)28(17-9-5-3-6-10-17)18-11-7-4-8-12-18;1-4-7-10-13(11-8-5-2)12-9-6-3;1-9(2)8-6-4-3-5-7-8;1-4(2)3/h5-32H,1-4H3;3-14H,1-2H3;4-12H2,1-3H3;3-7H,1-2H3;1-3H3/q+2;4*+1. The van der Waals surface area contributed by atoms with Gasteiger partial charge in [0.15, 0.2) is 49.0 Å². The monoisotopic (exact) mass is 1600 g/mol. The van der Waals surface area contributed by atoms with Gasteiger partial charge in [0.2, 0.25) is 0 Å². The van der Waals surface area contributed by atoms with Crippen LogP contribution in [0.2, 0.25) is 0 Å². The average Bonchev–Trinajstić information content (AvgIpc) is 0.797. The molecule has 0 spiro atoms. The minimum atomic E-state index is -5.73. The highest BCUT2D eigenvalue weighted by Gasteiger charge is 2.49. The molecule has 0 radical (unpaired) electrons. The Bertz CT molecular complexity index is 4290. The van der Waals surface area contributed by atoms with E-state index in [1.54, 1.807) is 36.4 Å². The van der Waals surface area contributed by atoms with E-state index in [1.807, 2.05) is 113 Å². The van der Waals surface area contributed by atoms with Crippen LogP contribution < -0.4 is 13.7 Å². The zero-order chi connectivity index (χ0) is 79.0. The van der Waals surface area contributed by atoms with Crippen LogP contribution in [0.4, 0.5) is 13.2 Å². The number of ether oxygens (including phenoxy) is 2. The van der Waals surface area contributed by atoms with E-state index in [4.69, 9.17) is 9.47 Å². The number of halogens is 3. The van der Waals surface area contributed by atoms with Gasteiger partial charge in [0.05, 0.1) is 62.6 Å². The first-order valence-electron chi connectivity index (χ1n) is 36.4. The zero-order valence-corrected chi connectivity index (χ0v) is 70.9. The van der Waals surface area contributed by atoms with Crippen LogP contribution >= 0.6 is 0 Å². The van der Waals surface area contributed by atoms with Crippen LogP contribution in [-0.4, -0.2) is 74.4 Å². The number of benzene rings is 11. The molecule has 0 bridgehead atoms. The lowest BCUT2D eigenvalue weighted by atomic mass is 10.1. The van der Waals surface area contributed by atoms with E-state index in [-0.39, 0.29) is 27.5 Å². The third-order valence-corrected chi connectivity index (χ3v) is 28.0. The van der Waals surface area contributed by atoms with Gasteiger partial charge >= 0.3 is 27.6 Å². The average molecular weight is 1600 g/mol. The Hall–Kier alpha value is -8.00. The summed E-state index contributed by atoms with van der Waals surface area (Å²) in [6.07, 6.45) is 19.5. The van der Waals surface area contributed by atoms with Gasteiger partial charge < -0.3 is 13.7 Å². The summed E-state index contributed by atoms with van der Waals surface area (Å²) in [4.78, 5) is 38.3. The lowest BCUT2D eigenvalue weighted by molar-refractivity contribution is -0.0500. The Balaban J connectivity index is 0.000000248. The molecule has 0 fully saturated rings. The van der Waals surface area contributed by atoms with Gasteiger partial charge in [-0.15, -0.1) is 0 Å². The molecule has 11 rings (SSSR count). The first kappa shape index (κ1) is 88.2. The molecule has 11 aromatic carbocycles. The van der Waals surface area contributed by atoms with E-state index in [0.717, 1.165) is 57.6 Å². The fourth-order valence-electron chi connectivity index (χ4n) is 11.3. The predicted octanol–water partition coefficient (Wildman–Crippen LogP) is 23.6. The second kappa shape index (κ2) is 44.7. The summed E-state index contributed by atoms with van der Waals surface area (Å²) in [7, 11) is -5.05. The fraction of sp³-hybridized carbons (Fsp3) is 0.261. The maximum Gasteiger partial charge on any atom is 0.534 e. The fourth-order valence-corrected chi connectivity index (χ4v) is 22.1. The van der Waals surface area contributed by atoms with E-state index in [0.29, 0.717) is 55.5 Å². The summed E-state index contributed by atoms with van der Waals surface area (Å²) in [5.74, 6) is 4.32. The van der Waals surface area contributed by atoms with Crippen LogP contribution in [0, 0.1) is 41.5 Å². The smallest absolute Gasteiger partial charge is 0.422 e. The number of aryl methyl sites for hydroxylation is 6. The van der Waals surface area contributed by atoms with Crippen LogP contribution in [0.1, 0.15) is 113 Å². The molecular formula is C92H105F3O7S7+6. The summed E-state index contributed by atoms with van der Waals surface area (Å²) >= 11 is 0. The number of carbonyl (C=O) groups is 2. The lowest BCUT2D eigenvalue weighted by Gasteiger charge is -2.15. The number of hydrogen-bond donors (Lipinski definition) is 0. The molecule has 0 aliphatic heterocycles. The van der Waals surface area contributed by atoms with Gasteiger partial charge in [-0.3, -0.25) is 0 Å². The summed E-state index contributed by atoms with van der Waals surface area (Å²) in [6.45, 7) is 17.9. The summed E-state index contributed by atoms with van der Waals surface area (Å²) in [6, 6.07) is 90.1. The SMILES string of the molecule is CCCC[S+](CCCC)CCCC.C[S+](C)C.C[S+](C)c1ccccc1.Cc1cc([S+](c2ccccc2)c2ccccc2)cc(C)c1OC(=O)c1ccc(C(=O)Oc2c(C)cc([S+](c3ccccc3)c3ccccc3)cc2C)cc1.Cc1cc([S+](c2ccccc2)c2ccccc2)cc(C)c1OS(=O)(=O)C(F)(F)F. The molecule has 17 heteroatoms. The molecule has 0 N–H and O–H groups in total. The third kappa shape index (κ3) is 27.2. The largest absolute Gasteiger partial charge is 0.534 e. The second-order valence-corrected chi connectivity index (χ2v) is 41.1. The Labute approximate surface area is 665 Å². The van der Waals surface area contributed by atoms with Crippen LogP contribution in [0.3, 0.4) is 0 Å². The number of esters is 2. The number of rotatable bonds is 25. The van der Waals surface area contributed by atoms with Gasteiger partial charge in [-0.1, -0.05) is 167 Å². The second-order valence-electron chi connectivity index (χ2n) is 26.4. The molecule has 109 heavy (non-hydrogen) atoms. The molecule has 7 nitrogen and oxygen atoms in total. The van der Waals surface area contributed by atoms with E-state index in [9.17, 15) is 31.2 Å². The molecule has 0 amide bonds. The van der Waals surface area contributed by atoms with Crippen molar-refractivity contribution in [2.45, 2.75) is 155 Å². The molecule has 0 atom stereocenters. The number of unbranched alkanes of at least 4 members (excludes halogenated alkanes) is 3. The highest BCUT2D eigenvalue weighted by Crippen LogP contribution is 2.40. The van der Waals surface area contributed by atoms with Crippen molar-refractivity contribution in [3.8, 4) is 17.2 Å². The topological polar surface area (TPSA) is 96.0 Å². The van der Waals surface area contributed by atoms with Gasteiger partial charge in [0.1, 0.15) is 47.0 Å². The summed E-state index contributed by atoms with van der Waals surface area (Å²) in [5, 5.41) is 0. The highest BCUT2D eigenvalue weighted by molar-refractivity contribution is 7.98. The number of alkyl halides is 3. The maximum atomic E-state index is 13.4. The molecule has 0 heterocycles. The lowest BCUT2D eigenvalue weighted by Crippen LogP contribution is -2.28. The van der Waals surface area contributed by atoms with E-state index in [1.165, 1.54) is 94.1 Å². The molecule has 0 aliphatic carbocycles. The summed E-state index contributed by atoms with van der Waals surface area (Å²) in [5.41, 5.74) is -0.671. The molecule has 0 aromatic heterocycles. The van der Waals surface area contributed by atoms with Crippen LogP contribution in [-0.2, 0) is 75.5 Å². The molecule has 11 aromatic rings. The molecule has 572 valence electrons. The summed E-state index contributed by atoms with van der Waals surface area (Å²) < 4.78 is 77.4.